The monoisotopic (exact) mass is 289 g/mol. The predicted octanol–water partition coefficient (Wildman–Crippen LogP) is 2.67. The molecule has 0 radical (unpaired) electrons. The lowest BCUT2D eigenvalue weighted by atomic mass is 9.77. The van der Waals surface area contributed by atoms with Crippen LogP contribution in [0, 0.1) is 0 Å². The lowest BCUT2D eigenvalue weighted by molar-refractivity contribution is -0.152. The van der Waals surface area contributed by atoms with Crippen molar-refractivity contribution >= 4 is 11.8 Å². The molecule has 0 bridgehead atoms. The fraction of sp³-hybridized carbons (Fsp3) is 0.529. The molecule has 0 spiro atoms. The highest BCUT2D eigenvalue weighted by atomic mass is 16.5. The van der Waals surface area contributed by atoms with Gasteiger partial charge >= 0.3 is 5.97 Å². The van der Waals surface area contributed by atoms with E-state index in [0.717, 1.165) is 0 Å². The number of esters is 1. The number of ether oxygens (including phenoxy) is 1. The standard InChI is InChI=1S/C17H23NO3/c1-16(2)11-13(19)14(17(3,4)18(16)5)21-15(20)12-9-7-6-8-10-12/h6-10,14H,11H2,1-5H3. The van der Waals surface area contributed by atoms with Crippen LogP contribution in [0.25, 0.3) is 0 Å². The minimum absolute atomic E-state index is 0.0209. The van der Waals surface area contributed by atoms with Crippen molar-refractivity contribution in [3.8, 4) is 0 Å². The molecule has 0 aliphatic carbocycles. The average molecular weight is 289 g/mol. The van der Waals surface area contributed by atoms with Crippen LogP contribution < -0.4 is 0 Å². The van der Waals surface area contributed by atoms with Crippen LogP contribution in [-0.2, 0) is 9.53 Å². The normalized spacial score (nSPS) is 24.6. The first-order valence-electron chi connectivity index (χ1n) is 7.19. The van der Waals surface area contributed by atoms with Crippen molar-refractivity contribution in [3.05, 3.63) is 35.9 Å². The van der Waals surface area contributed by atoms with Crippen molar-refractivity contribution in [1.82, 2.24) is 4.90 Å². The van der Waals surface area contributed by atoms with Crippen LogP contribution in [0.4, 0.5) is 0 Å². The Morgan fingerprint density at radius 2 is 1.76 bits per heavy atom. The van der Waals surface area contributed by atoms with E-state index in [9.17, 15) is 9.59 Å². The molecule has 21 heavy (non-hydrogen) atoms. The Morgan fingerprint density at radius 1 is 1.19 bits per heavy atom. The minimum Gasteiger partial charge on any atom is -0.449 e. The third-order valence-corrected chi connectivity index (χ3v) is 4.55. The SMILES string of the molecule is CN1C(C)(C)CC(=O)C(OC(=O)c2ccccc2)C1(C)C. The van der Waals surface area contributed by atoms with Gasteiger partial charge in [-0.05, 0) is 46.9 Å². The zero-order chi connectivity index (χ0) is 15.8. The van der Waals surface area contributed by atoms with Crippen LogP contribution >= 0.6 is 0 Å². The quantitative estimate of drug-likeness (QED) is 0.785. The van der Waals surface area contributed by atoms with Crippen molar-refractivity contribution in [2.24, 2.45) is 0 Å². The van der Waals surface area contributed by atoms with Gasteiger partial charge < -0.3 is 4.74 Å². The van der Waals surface area contributed by atoms with Gasteiger partial charge in [0, 0.05) is 12.0 Å². The van der Waals surface area contributed by atoms with E-state index in [4.69, 9.17) is 4.74 Å². The molecular weight excluding hydrogens is 266 g/mol. The molecule has 1 fully saturated rings. The number of rotatable bonds is 2. The summed E-state index contributed by atoms with van der Waals surface area (Å²) in [5, 5.41) is 0. The number of likely N-dealkylation sites (tertiary alicyclic amines) is 1. The van der Waals surface area contributed by atoms with E-state index in [1.807, 2.05) is 40.8 Å². The van der Waals surface area contributed by atoms with Gasteiger partial charge in [0.2, 0.25) is 0 Å². The van der Waals surface area contributed by atoms with E-state index in [0.29, 0.717) is 12.0 Å². The zero-order valence-electron chi connectivity index (χ0n) is 13.3. The molecule has 1 aliphatic heterocycles. The summed E-state index contributed by atoms with van der Waals surface area (Å²) in [6.07, 6.45) is -0.372. The molecular formula is C17H23NO3. The Hall–Kier alpha value is -1.68. The molecule has 1 aromatic carbocycles. The van der Waals surface area contributed by atoms with Gasteiger partial charge in [-0.2, -0.15) is 0 Å². The van der Waals surface area contributed by atoms with Gasteiger partial charge in [0.25, 0.3) is 0 Å². The third kappa shape index (κ3) is 2.86. The first kappa shape index (κ1) is 15.7. The van der Waals surface area contributed by atoms with Gasteiger partial charge in [0.15, 0.2) is 11.9 Å². The number of carbonyl (C=O) groups excluding carboxylic acids is 2. The fourth-order valence-electron chi connectivity index (χ4n) is 2.95. The number of Topliss-reactive ketones (excluding diaryl/α,β-unsaturated/α-hetero) is 1. The minimum atomic E-state index is -0.747. The number of ketones is 1. The van der Waals surface area contributed by atoms with Gasteiger partial charge in [0.1, 0.15) is 0 Å². The first-order chi connectivity index (χ1) is 9.66. The van der Waals surface area contributed by atoms with Gasteiger partial charge in [0.05, 0.1) is 11.1 Å². The van der Waals surface area contributed by atoms with E-state index in [2.05, 4.69) is 4.90 Å². The van der Waals surface area contributed by atoms with E-state index in [1.165, 1.54) is 0 Å². The summed E-state index contributed by atoms with van der Waals surface area (Å²) in [5.41, 5.74) is -0.312. The summed E-state index contributed by atoms with van der Waals surface area (Å²) >= 11 is 0. The molecule has 114 valence electrons. The summed E-state index contributed by atoms with van der Waals surface area (Å²) in [5.74, 6) is -0.470. The lowest BCUT2D eigenvalue weighted by Crippen LogP contribution is -2.67. The maximum Gasteiger partial charge on any atom is 0.338 e. The molecule has 4 heteroatoms. The molecule has 1 aromatic rings. The highest BCUT2D eigenvalue weighted by Gasteiger charge is 2.51. The summed E-state index contributed by atoms with van der Waals surface area (Å²) in [7, 11) is 1.97. The van der Waals surface area contributed by atoms with Crippen molar-refractivity contribution in [1.29, 1.82) is 0 Å². The number of nitrogens with zero attached hydrogens (tertiary/aromatic N) is 1. The van der Waals surface area contributed by atoms with Crippen molar-refractivity contribution in [2.75, 3.05) is 7.05 Å². The second-order valence-electron chi connectivity index (χ2n) is 6.82. The van der Waals surface area contributed by atoms with E-state index >= 15 is 0 Å². The summed E-state index contributed by atoms with van der Waals surface area (Å²) in [4.78, 5) is 26.8. The number of hydrogen-bond donors (Lipinski definition) is 0. The molecule has 1 unspecified atom stereocenters. The summed E-state index contributed by atoms with van der Waals surface area (Å²) in [6, 6.07) is 8.77. The topological polar surface area (TPSA) is 46.6 Å². The Labute approximate surface area is 126 Å². The Bertz CT molecular complexity index is 548. The molecule has 0 aromatic heterocycles. The Balaban J connectivity index is 2.23. The molecule has 1 atom stereocenters. The second-order valence-corrected chi connectivity index (χ2v) is 6.82. The van der Waals surface area contributed by atoms with Crippen LogP contribution in [0.3, 0.4) is 0 Å². The first-order valence-corrected chi connectivity index (χ1v) is 7.19. The molecule has 1 aliphatic rings. The maximum atomic E-state index is 12.4. The number of piperidine rings is 1. The van der Waals surface area contributed by atoms with Crippen LogP contribution in [0.15, 0.2) is 30.3 Å². The number of likely N-dealkylation sites (N-methyl/N-ethyl adjacent to an activating group) is 1. The largest absolute Gasteiger partial charge is 0.449 e. The zero-order valence-corrected chi connectivity index (χ0v) is 13.3. The van der Waals surface area contributed by atoms with Crippen LogP contribution in [-0.4, -0.2) is 40.9 Å². The Kier molecular flexibility index (Phi) is 3.93. The molecule has 1 heterocycles. The van der Waals surface area contributed by atoms with Gasteiger partial charge in [-0.1, -0.05) is 18.2 Å². The summed E-state index contributed by atoms with van der Waals surface area (Å²) in [6.45, 7) is 7.94. The van der Waals surface area contributed by atoms with Crippen LogP contribution in [0.1, 0.15) is 44.5 Å². The van der Waals surface area contributed by atoms with Gasteiger partial charge in [-0.3, -0.25) is 9.69 Å². The average Bonchev–Trinajstić information content (AvgIpc) is 2.42. The molecule has 0 saturated carbocycles. The van der Waals surface area contributed by atoms with Crippen molar-refractivity contribution in [3.63, 3.8) is 0 Å². The lowest BCUT2D eigenvalue weighted by Gasteiger charge is -2.53. The number of carbonyl (C=O) groups is 2. The summed E-state index contributed by atoms with van der Waals surface area (Å²) < 4.78 is 5.54. The van der Waals surface area contributed by atoms with Crippen molar-refractivity contribution in [2.45, 2.75) is 51.3 Å². The molecule has 2 rings (SSSR count). The van der Waals surface area contributed by atoms with Crippen LogP contribution in [0.5, 0.6) is 0 Å². The highest BCUT2D eigenvalue weighted by Crippen LogP contribution is 2.36. The molecule has 4 nitrogen and oxygen atoms in total. The molecule has 1 saturated heterocycles. The molecule has 0 N–H and O–H groups in total. The maximum absolute atomic E-state index is 12.4. The number of hydrogen-bond acceptors (Lipinski definition) is 4. The van der Waals surface area contributed by atoms with Crippen molar-refractivity contribution < 1.29 is 14.3 Å². The van der Waals surface area contributed by atoms with Gasteiger partial charge in [-0.25, -0.2) is 4.79 Å². The van der Waals surface area contributed by atoms with E-state index < -0.39 is 17.6 Å². The van der Waals surface area contributed by atoms with E-state index in [1.54, 1.807) is 24.3 Å². The highest BCUT2D eigenvalue weighted by molar-refractivity contribution is 5.94. The molecule has 0 amide bonds. The second kappa shape index (κ2) is 5.26. The van der Waals surface area contributed by atoms with E-state index in [-0.39, 0.29) is 11.3 Å². The fourth-order valence-corrected chi connectivity index (χ4v) is 2.95. The third-order valence-electron chi connectivity index (χ3n) is 4.55. The predicted molar refractivity (Wildman–Crippen MR) is 81.2 cm³/mol. The smallest absolute Gasteiger partial charge is 0.338 e. The van der Waals surface area contributed by atoms with Crippen LogP contribution in [0.2, 0.25) is 0 Å². The van der Waals surface area contributed by atoms with Gasteiger partial charge in [-0.15, -0.1) is 0 Å². The Morgan fingerprint density at radius 3 is 2.33 bits per heavy atom. The number of benzene rings is 1.